The van der Waals surface area contributed by atoms with Crippen molar-refractivity contribution in [2.45, 2.75) is 38.8 Å². The van der Waals surface area contributed by atoms with Crippen molar-refractivity contribution >= 4 is 6.03 Å². The third kappa shape index (κ3) is 3.93. The second-order valence-electron chi connectivity index (χ2n) is 7.51. The van der Waals surface area contributed by atoms with Crippen LogP contribution in [0.15, 0.2) is 54.7 Å². The molecule has 0 saturated heterocycles. The largest absolute Gasteiger partial charge is 0.334 e. The number of carbonyl (C=O) groups excluding carboxylic acids is 1. The summed E-state index contributed by atoms with van der Waals surface area (Å²) in [6.07, 6.45) is 4.93. The number of urea groups is 1. The summed E-state index contributed by atoms with van der Waals surface area (Å²) in [5.41, 5.74) is 7.09. The molecule has 1 aliphatic carbocycles. The molecule has 0 aliphatic heterocycles. The normalized spacial score (nSPS) is 15.7. The minimum Gasteiger partial charge on any atom is -0.334 e. The Bertz CT molecular complexity index is 975. The molecule has 2 N–H and O–H groups in total. The Labute approximate surface area is 165 Å². The summed E-state index contributed by atoms with van der Waals surface area (Å²) in [5, 5.41) is 10.4. The van der Waals surface area contributed by atoms with Crippen molar-refractivity contribution in [2.24, 2.45) is 7.05 Å². The maximum atomic E-state index is 12.4. The van der Waals surface area contributed by atoms with E-state index in [-0.39, 0.29) is 12.1 Å². The van der Waals surface area contributed by atoms with Crippen molar-refractivity contribution in [3.63, 3.8) is 0 Å². The lowest BCUT2D eigenvalue weighted by Crippen LogP contribution is -2.38. The van der Waals surface area contributed by atoms with E-state index < -0.39 is 0 Å². The van der Waals surface area contributed by atoms with Gasteiger partial charge in [0.15, 0.2) is 0 Å². The van der Waals surface area contributed by atoms with Crippen LogP contribution in [0.25, 0.3) is 11.1 Å². The van der Waals surface area contributed by atoms with E-state index in [2.05, 4.69) is 71.2 Å². The van der Waals surface area contributed by atoms with Gasteiger partial charge in [0, 0.05) is 24.8 Å². The number of hydrogen-bond donors (Lipinski definition) is 2. The number of carbonyl (C=O) groups is 1. The van der Waals surface area contributed by atoms with E-state index in [1.165, 1.54) is 22.4 Å². The number of benzene rings is 2. The first-order valence-corrected chi connectivity index (χ1v) is 9.81. The molecule has 0 radical (unpaired) electrons. The fourth-order valence-corrected chi connectivity index (χ4v) is 3.89. The highest BCUT2D eigenvalue weighted by atomic mass is 16.2. The van der Waals surface area contributed by atoms with Crippen LogP contribution in [-0.2, 0) is 20.0 Å². The summed E-state index contributed by atoms with van der Waals surface area (Å²) in [4.78, 5) is 12.4. The molecule has 3 aromatic rings. The average Bonchev–Trinajstić information content (AvgIpc) is 3.09. The molecule has 0 spiro atoms. The van der Waals surface area contributed by atoms with Gasteiger partial charge in [0.25, 0.3) is 0 Å². The summed E-state index contributed by atoms with van der Waals surface area (Å²) in [5.74, 6) is 0. The lowest BCUT2D eigenvalue weighted by atomic mass is 9.93. The van der Waals surface area contributed by atoms with E-state index in [1.807, 2.05) is 17.9 Å². The topological polar surface area (TPSA) is 59.0 Å². The summed E-state index contributed by atoms with van der Waals surface area (Å²) in [6, 6.07) is 16.7. The van der Waals surface area contributed by atoms with Gasteiger partial charge in [-0.3, -0.25) is 4.68 Å². The number of hydrogen-bond acceptors (Lipinski definition) is 2. The van der Waals surface area contributed by atoms with Crippen molar-refractivity contribution in [2.75, 3.05) is 0 Å². The zero-order chi connectivity index (χ0) is 19.5. The zero-order valence-electron chi connectivity index (χ0n) is 16.4. The number of fused-ring (bicyclic) bond motifs is 1. The van der Waals surface area contributed by atoms with Crippen LogP contribution in [0.3, 0.4) is 0 Å². The maximum Gasteiger partial charge on any atom is 0.315 e. The van der Waals surface area contributed by atoms with E-state index in [1.54, 1.807) is 0 Å². The van der Waals surface area contributed by atoms with Gasteiger partial charge in [0.05, 0.1) is 12.2 Å². The number of rotatable bonds is 4. The Morgan fingerprint density at radius 3 is 2.79 bits per heavy atom. The van der Waals surface area contributed by atoms with E-state index in [0.717, 1.165) is 30.4 Å². The highest BCUT2D eigenvalue weighted by molar-refractivity contribution is 5.74. The Hall–Kier alpha value is -3.08. The van der Waals surface area contributed by atoms with E-state index >= 15 is 0 Å². The lowest BCUT2D eigenvalue weighted by molar-refractivity contribution is 0.235. The molecule has 0 saturated carbocycles. The third-order valence-corrected chi connectivity index (χ3v) is 5.44. The van der Waals surface area contributed by atoms with Gasteiger partial charge in [-0.25, -0.2) is 4.79 Å². The summed E-state index contributed by atoms with van der Waals surface area (Å²) in [6.45, 7) is 2.60. The van der Waals surface area contributed by atoms with Crippen molar-refractivity contribution in [3.05, 3.63) is 77.1 Å². The standard InChI is InChI=1S/C23H26N4O/c1-16-5-3-6-19(13-16)18-11-9-17(10-12-18)14-24-23(28)26-21-7-4-8-22-20(21)15-25-27(22)2/h3,5-6,9-13,15,21H,4,7-8,14H2,1-2H3,(H2,24,26,28). The predicted molar refractivity (Wildman–Crippen MR) is 111 cm³/mol. The Kier molecular flexibility index (Phi) is 5.15. The number of aromatic nitrogens is 2. The van der Waals surface area contributed by atoms with E-state index in [4.69, 9.17) is 0 Å². The predicted octanol–water partition coefficient (Wildman–Crippen LogP) is 4.27. The van der Waals surface area contributed by atoms with Crippen LogP contribution >= 0.6 is 0 Å². The number of nitrogens with one attached hydrogen (secondary N) is 2. The molecule has 1 aliphatic rings. The summed E-state index contributed by atoms with van der Waals surface area (Å²) in [7, 11) is 1.96. The molecule has 144 valence electrons. The first kappa shape index (κ1) is 18.3. The molecule has 1 heterocycles. The molecule has 5 nitrogen and oxygen atoms in total. The number of amides is 2. The molecule has 2 amide bonds. The van der Waals surface area contributed by atoms with E-state index in [0.29, 0.717) is 6.54 Å². The molecule has 5 heteroatoms. The molecule has 1 aromatic heterocycles. The van der Waals surface area contributed by atoms with Gasteiger partial charge in [-0.2, -0.15) is 5.10 Å². The second-order valence-corrected chi connectivity index (χ2v) is 7.51. The highest BCUT2D eigenvalue weighted by Crippen LogP contribution is 2.29. The molecule has 28 heavy (non-hydrogen) atoms. The lowest BCUT2D eigenvalue weighted by Gasteiger charge is -2.24. The number of aryl methyl sites for hydroxylation is 2. The Balaban J connectivity index is 1.34. The van der Waals surface area contributed by atoms with Crippen molar-refractivity contribution < 1.29 is 4.79 Å². The SMILES string of the molecule is Cc1cccc(-c2ccc(CNC(=O)NC3CCCc4c3cnn4C)cc2)c1. The fraction of sp³-hybridized carbons (Fsp3) is 0.304. The molecule has 1 unspecified atom stereocenters. The van der Waals surface area contributed by atoms with Gasteiger partial charge in [0.2, 0.25) is 0 Å². The van der Waals surface area contributed by atoms with Gasteiger partial charge in [-0.05, 0) is 42.9 Å². The van der Waals surface area contributed by atoms with Crippen LogP contribution in [0, 0.1) is 6.92 Å². The molecule has 4 rings (SSSR count). The van der Waals surface area contributed by atoms with Crippen LogP contribution in [0.2, 0.25) is 0 Å². The second kappa shape index (κ2) is 7.89. The Morgan fingerprint density at radius 1 is 1.18 bits per heavy atom. The molecular weight excluding hydrogens is 348 g/mol. The molecule has 2 aromatic carbocycles. The van der Waals surface area contributed by atoms with Gasteiger partial charge in [-0.1, -0.05) is 54.1 Å². The van der Waals surface area contributed by atoms with Crippen molar-refractivity contribution in [3.8, 4) is 11.1 Å². The van der Waals surface area contributed by atoms with Crippen LogP contribution in [0.4, 0.5) is 4.79 Å². The van der Waals surface area contributed by atoms with Gasteiger partial charge in [0.1, 0.15) is 0 Å². The smallest absolute Gasteiger partial charge is 0.315 e. The van der Waals surface area contributed by atoms with Crippen LogP contribution in [0.5, 0.6) is 0 Å². The Morgan fingerprint density at radius 2 is 2.00 bits per heavy atom. The van der Waals surface area contributed by atoms with Crippen molar-refractivity contribution in [1.82, 2.24) is 20.4 Å². The van der Waals surface area contributed by atoms with Crippen LogP contribution < -0.4 is 10.6 Å². The fourth-order valence-electron chi connectivity index (χ4n) is 3.89. The molecule has 1 atom stereocenters. The maximum absolute atomic E-state index is 12.4. The van der Waals surface area contributed by atoms with Gasteiger partial charge < -0.3 is 10.6 Å². The van der Waals surface area contributed by atoms with Gasteiger partial charge in [-0.15, -0.1) is 0 Å². The van der Waals surface area contributed by atoms with Crippen LogP contribution in [0.1, 0.15) is 41.3 Å². The zero-order valence-corrected chi connectivity index (χ0v) is 16.4. The van der Waals surface area contributed by atoms with Crippen LogP contribution in [-0.4, -0.2) is 15.8 Å². The van der Waals surface area contributed by atoms with E-state index in [9.17, 15) is 4.79 Å². The summed E-state index contributed by atoms with van der Waals surface area (Å²) >= 11 is 0. The highest BCUT2D eigenvalue weighted by Gasteiger charge is 2.24. The quantitative estimate of drug-likeness (QED) is 0.716. The average molecular weight is 374 g/mol. The number of nitrogens with zero attached hydrogens (tertiary/aromatic N) is 2. The summed E-state index contributed by atoms with van der Waals surface area (Å²) < 4.78 is 1.91. The monoisotopic (exact) mass is 374 g/mol. The first-order valence-electron chi connectivity index (χ1n) is 9.81. The minimum atomic E-state index is -0.135. The molecular formula is C23H26N4O. The minimum absolute atomic E-state index is 0.0427. The first-order chi connectivity index (χ1) is 13.6. The molecule has 0 fully saturated rings. The van der Waals surface area contributed by atoms with Gasteiger partial charge >= 0.3 is 6.03 Å². The third-order valence-electron chi connectivity index (χ3n) is 5.44. The van der Waals surface area contributed by atoms with Crippen molar-refractivity contribution in [1.29, 1.82) is 0 Å². The molecule has 0 bridgehead atoms.